The van der Waals surface area contributed by atoms with Crippen LogP contribution < -0.4 is 15.0 Å². The van der Waals surface area contributed by atoms with Gasteiger partial charge in [0.15, 0.2) is 6.29 Å². The van der Waals surface area contributed by atoms with Crippen LogP contribution in [0.15, 0.2) is 35.1 Å². The first-order valence-electron chi connectivity index (χ1n) is 10.6. The molecule has 0 saturated carbocycles. The number of pyridine rings is 1. The Bertz CT molecular complexity index is 1180. The molecule has 2 aromatic carbocycles. The zero-order valence-corrected chi connectivity index (χ0v) is 17.8. The van der Waals surface area contributed by atoms with E-state index >= 15 is 0 Å². The van der Waals surface area contributed by atoms with Gasteiger partial charge in [-0.1, -0.05) is 19.4 Å². The molecule has 1 aliphatic rings. The lowest BCUT2D eigenvalue weighted by molar-refractivity contribution is 0.111. The lowest BCUT2D eigenvalue weighted by Crippen LogP contribution is -2.22. The molecule has 5 nitrogen and oxygen atoms in total. The molecule has 0 aliphatic carbocycles. The monoisotopic (exact) mass is 405 g/mol. The fraction of sp³-hybridized carbons (Fsp3) is 0.360. The van der Waals surface area contributed by atoms with E-state index in [1.807, 2.05) is 24.3 Å². The summed E-state index contributed by atoms with van der Waals surface area (Å²) >= 11 is 0. The molecular formula is C25H27NO4. The number of hydrogen-bond acceptors (Lipinski definition) is 4. The highest BCUT2D eigenvalue weighted by Gasteiger charge is 2.21. The van der Waals surface area contributed by atoms with Crippen LogP contribution in [0.2, 0.25) is 0 Å². The second-order valence-electron chi connectivity index (χ2n) is 7.82. The number of ether oxygens (including phenoxy) is 2. The predicted octanol–water partition coefficient (Wildman–Crippen LogP) is 4.83. The average Bonchev–Trinajstić information content (AvgIpc) is 2.77. The summed E-state index contributed by atoms with van der Waals surface area (Å²) < 4.78 is 13.1. The molecule has 0 radical (unpaired) electrons. The molecule has 0 bridgehead atoms. The van der Waals surface area contributed by atoms with Gasteiger partial charge in [-0.05, 0) is 72.5 Å². The normalized spacial score (nSPS) is 13.0. The molecule has 4 rings (SSSR count). The summed E-state index contributed by atoms with van der Waals surface area (Å²) in [5.74, 6) is 1.59. The van der Waals surface area contributed by atoms with Crippen molar-refractivity contribution >= 4 is 17.1 Å². The molecule has 3 aromatic rings. The van der Waals surface area contributed by atoms with Crippen molar-refractivity contribution in [2.75, 3.05) is 13.2 Å². The number of carbonyl (C=O) groups excluding carboxylic acids is 1. The van der Waals surface area contributed by atoms with Gasteiger partial charge >= 0.3 is 0 Å². The van der Waals surface area contributed by atoms with Gasteiger partial charge in [0.25, 0.3) is 5.56 Å². The Balaban J connectivity index is 1.96. The Morgan fingerprint density at radius 3 is 2.80 bits per heavy atom. The van der Waals surface area contributed by atoms with Crippen molar-refractivity contribution in [1.82, 2.24) is 4.57 Å². The number of carbonyl (C=O) groups is 1. The molecule has 0 saturated heterocycles. The second kappa shape index (κ2) is 8.34. The molecule has 0 amide bonds. The van der Waals surface area contributed by atoms with Crippen molar-refractivity contribution in [3.8, 4) is 22.6 Å². The molecule has 0 fully saturated rings. The van der Waals surface area contributed by atoms with E-state index in [0.717, 1.165) is 66.4 Å². The lowest BCUT2D eigenvalue weighted by atomic mass is 9.89. The molecule has 1 aliphatic heterocycles. The Kier molecular flexibility index (Phi) is 5.62. The molecule has 0 N–H and O–H groups in total. The summed E-state index contributed by atoms with van der Waals surface area (Å²) in [6.07, 6.45) is 4.71. The van der Waals surface area contributed by atoms with E-state index in [2.05, 4.69) is 13.8 Å². The van der Waals surface area contributed by atoms with Crippen LogP contribution in [0.5, 0.6) is 11.5 Å². The van der Waals surface area contributed by atoms with Crippen LogP contribution in [0.25, 0.3) is 21.9 Å². The van der Waals surface area contributed by atoms with Crippen LogP contribution in [0, 0.1) is 6.92 Å². The lowest BCUT2D eigenvalue weighted by Gasteiger charge is -2.23. The van der Waals surface area contributed by atoms with Gasteiger partial charge in [-0.3, -0.25) is 9.59 Å². The average molecular weight is 405 g/mol. The third kappa shape index (κ3) is 3.38. The minimum atomic E-state index is -0.198. The fourth-order valence-corrected chi connectivity index (χ4v) is 4.24. The number of benzene rings is 2. The van der Waals surface area contributed by atoms with Crippen LogP contribution in [-0.2, 0) is 13.5 Å². The third-order valence-corrected chi connectivity index (χ3v) is 5.94. The van der Waals surface area contributed by atoms with E-state index in [1.54, 1.807) is 13.1 Å². The van der Waals surface area contributed by atoms with E-state index in [0.29, 0.717) is 23.4 Å². The van der Waals surface area contributed by atoms with Crippen molar-refractivity contribution in [3.05, 3.63) is 57.5 Å². The van der Waals surface area contributed by atoms with Crippen molar-refractivity contribution in [3.63, 3.8) is 0 Å². The molecule has 0 unspecified atom stereocenters. The maximum atomic E-state index is 13.0. The number of unbranched alkanes of at least 4 members (excludes halogenated alkanes) is 1. The van der Waals surface area contributed by atoms with Gasteiger partial charge in [0.05, 0.1) is 24.3 Å². The van der Waals surface area contributed by atoms with E-state index in [1.165, 1.54) is 10.1 Å². The maximum Gasteiger partial charge on any atom is 0.258 e. The highest BCUT2D eigenvalue weighted by Crippen LogP contribution is 2.38. The van der Waals surface area contributed by atoms with Crippen LogP contribution in [0.3, 0.4) is 0 Å². The van der Waals surface area contributed by atoms with Crippen molar-refractivity contribution in [1.29, 1.82) is 0 Å². The first kappa shape index (κ1) is 20.2. The molecular weight excluding hydrogens is 378 g/mol. The van der Waals surface area contributed by atoms with E-state index in [-0.39, 0.29) is 5.56 Å². The summed E-state index contributed by atoms with van der Waals surface area (Å²) in [5.41, 5.74) is 4.20. The van der Waals surface area contributed by atoms with Crippen LogP contribution >= 0.6 is 0 Å². The van der Waals surface area contributed by atoms with Gasteiger partial charge in [0.1, 0.15) is 11.5 Å². The van der Waals surface area contributed by atoms with Crippen molar-refractivity contribution in [2.24, 2.45) is 7.05 Å². The van der Waals surface area contributed by atoms with Crippen molar-refractivity contribution in [2.45, 2.75) is 39.5 Å². The quantitative estimate of drug-likeness (QED) is 0.435. The minimum absolute atomic E-state index is 0.198. The Morgan fingerprint density at radius 2 is 2.03 bits per heavy atom. The number of aromatic nitrogens is 1. The highest BCUT2D eigenvalue weighted by molar-refractivity contribution is 6.04. The van der Waals surface area contributed by atoms with E-state index in [9.17, 15) is 9.59 Å². The number of hydrogen-bond donors (Lipinski definition) is 0. The minimum Gasteiger partial charge on any atom is -0.494 e. The highest BCUT2D eigenvalue weighted by atomic mass is 16.5. The molecule has 0 atom stereocenters. The van der Waals surface area contributed by atoms with Crippen LogP contribution in [0.4, 0.5) is 0 Å². The Hall–Kier alpha value is -3.08. The predicted molar refractivity (Wildman–Crippen MR) is 119 cm³/mol. The maximum absolute atomic E-state index is 13.0. The summed E-state index contributed by atoms with van der Waals surface area (Å²) in [4.78, 5) is 25.1. The number of aldehydes is 1. The fourth-order valence-electron chi connectivity index (χ4n) is 4.24. The molecule has 5 heteroatoms. The Morgan fingerprint density at radius 1 is 1.20 bits per heavy atom. The molecule has 156 valence electrons. The molecule has 30 heavy (non-hydrogen) atoms. The van der Waals surface area contributed by atoms with Gasteiger partial charge in [0, 0.05) is 12.6 Å². The molecule has 0 spiro atoms. The summed E-state index contributed by atoms with van der Waals surface area (Å²) in [6.45, 7) is 5.52. The van der Waals surface area contributed by atoms with Crippen LogP contribution in [0.1, 0.15) is 47.8 Å². The SMILES string of the molecule is CCCCOc1ccc2c(-c3ccc4c(c3C)CCCO4)c(C=O)n(C)c(=O)c2c1. The summed E-state index contributed by atoms with van der Waals surface area (Å²) in [6, 6.07) is 9.55. The zero-order chi connectivity index (χ0) is 21.3. The van der Waals surface area contributed by atoms with Crippen molar-refractivity contribution < 1.29 is 14.3 Å². The third-order valence-electron chi connectivity index (χ3n) is 5.94. The number of rotatable bonds is 6. The number of nitrogens with zero attached hydrogens (tertiary/aromatic N) is 1. The topological polar surface area (TPSA) is 57.5 Å². The van der Waals surface area contributed by atoms with E-state index < -0.39 is 0 Å². The standard InChI is InChI=1S/C25H27NO4/c1-4-5-12-29-17-8-9-20-21(14-17)25(28)26(3)22(15-27)24(20)19-10-11-23-18(16(19)2)7-6-13-30-23/h8-11,14-15H,4-7,12-13H2,1-3H3. The smallest absolute Gasteiger partial charge is 0.258 e. The van der Waals surface area contributed by atoms with Gasteiger partial charge in [0.2, 0.25) is 0 Å². The molecule has 1 aromatic heterocycles. The van der Waals surface area contributed by atoms with E-state index in [4.69, 9.17) is 9.47 Å². The van der Waals surface area contributed by atoms with Crippen LogP contribution in [-0.4, -0.2) is 24.1 Å². The van der Waals surface area contributed by atoms with Gasteiger partial charge in [-0.25, -0.2) is 0 Å². The Labute approximate surface area is 176 Å². The summed E-state index contributed by atoms with van der Waals surface area (Å²) in [7, 11) is 1.65. The molecule has 2 heterocycles. The second-order valence-corrected chi connectivity index (χ2v) is 7.82. The van der Waals surface area contributed by atoms with Gasteiger partial charge < -0.3 is 14.0 Å². The van der Waals surface area contributed by atoms with Gasteiger partial charge in [-0.2, -0.15) is 0 Å². The number of fused-ring (bicyclic) bond motifs is 2. The zero-order valence-electron chi connectivity index (χ0n) is 17.8. The summed E-state index contributed by atoms with van der Waals surface area (Å²) in [5, 5.41) is 1.32. The van der Waals surface area contributed by atoms with Gasteiger partial charge in [-0.15, -0.1) is 0 Å². The first-order valence-corrected chi connectivity index (χ1v) is 10.6. The largest absolute Gasteiger partial charge is 0.494 e. The first-order chi connectivity index (χ1) is 14.6.